The number of rotatable bonds is 8. The third kappa shape index (κ3) is 6.36. The largest absolute Gasteiger partial charge is 0.424 e. The smallest absolute Gasteiger partial charge is 0.355 e. The number of unbranched alkanes of at least 4 members (excludes halogenated alkanes) is 4. The zero-order valence-electron chi connectivity index (χ0n) is 11.5. The van der Waals surface area contributed by atoms with E-state index in [2.05, 4.69) is 6.92 Å². The molecule has 0 saturated carbocycles. The highest BCUT2D eigenvalue weighted by Crippen LogP contribution is 2.15. The fraction of sp³-hybridized carbons (Fsp3) is 0.533. The molecule has 19 heavy (non-hydrogen) atoms. The van der Waals surface area contributed by atoms with Crippen LogP contribution < -0.4 is 10.5 Å². The Morgan fingerprint density at radius 2 is 1.84 bits per heavy atom. The monoisotopic (exact) mass is 265 g/mol. The molecule has 0 aliphatic rings. The third-order valence-corrected chi connectivity index (χ3v) is 2.95. The molecule has 1 aromatic rings. The second-order valence-electron chi connectivity index (χ2n) is 4.67. The Bertz CT molecular complexity index is 373. The second kappa shape index (κ2) is 8.67. The van der Waals surface area contributed by atoms with Gasteiger partial charge in [-0.1, -0.05) is 44.7 Å². The Balaban J connectivity index is 2.33. The summed E-state index contributed by atoms with van der Waals surface area (Å²) in [5.41, 5.74) is 6.23. The summed E-state index contributed by atoms with van der Waals surface area (Å²) in [5.74, 6) is -0.434. The first-order chi connectivity index (χ1) is 9.13. The molecule has 3 N–H and O–H groups in total. The van der Waals surface area contributed by atoms with Crippen molar-refractivity contribution in [1.29, 1.82) is 0 Å². The van der Waals surface area contributed by atoms with E-state index < -0.39 is 12.2 Å². The first kappa shape index (κ1) is 15.7. The van der Waals surface area contributed by atoms with Crippen LogP contribution in [0.3, 0.4) is 0 Å². The van der Waals surface area contributed by atoms with Crippen molar-refractivity contribution in [1.82, 2.24) is 0 Å². The molecule has 0 amide bonds. The summed E-state index contributed by atoms with van der Waals surface area (Å²) in [6.45, 7) is 2.21. The maximum Gasteiger partial charge on any atom is 0.355 e. The molecule has 0 aliphatic heterocycles. The first-order valence-electron chi connectivity index (χ1n) is 6.87. The predicted octanol–water partition coefficient (Wildman–Crippen LogP) is 2.38. The van der Waals surface area contributed by atoms with Gasteiger partial charge in [0.1, 0.15) is 5.75 Å². The van der Waals surface area contributed by atoms with Crippen LogP contribution in [0.4, 0.5) is 0 Å². The van der Waals surface area contributed by atoms with Crippen molar-refractivity contribution >= 4 is 5.97 Å². The van der Waals surface area contributed by atoms with E-state index in [1.807, 2.05) is 12.1 Å². The van der Waals surface area contributed by atoms with E-state index in [-0.39, 0.29) is 0 Å². The molecule has 4 nitrogen and oxygen atoms in total. The molecule has 1 aromatic carbocycles. The van der Waals surface area contributed by atoms with Gasteiger partial charge >= 0.3 is 5.97 Å². The molecular formula is C15H23NO3. The molecule has 0 heterocycles. The lowest BCUT2D eigenvalue weighted by atomic mass is 10.1. The quantitative estimate of drug-likeness (QED) is 0.327. The number of aryl methyl sites for hydroxylation is 1. The van der Waals surface area contributed by atoms with Crippen LogP contribution >= 0.6 is 0 Å². The second-order valence-corrected chi connectivity index (χ2v) is 4.67. The van der Waals surface area contributed by atoms with Gasteiger partial charge in [0.15, 0.2) is 0 Å². The highest BCUT2D eigenvalue weighted by Gasteiger charge is 2.11. The maximum absolute atomic E-state index is 11.1. The highest BCUT2D eigenvalue weighted by molar-refractivity contribution is 5.76. The van der Waals surface area contributed by atoms with Gasteiger partial charge in [-0.2, -0.15) is 0 Å². The fourth-order valence-corrected chi connectivity index (χ4v) is 1.83. The zero-order chi connectivity index (χ0) is 14.1. The lowest BCUT2D eigenvalue weighted by Crippen LogP contribution is -2.33. The first-order valence-corrected chi connectivity index (χ1v) is 6.87. The summed E-state index contributed by atoms with van der Waals surface area (Å²) in [7, 11) is 0. The summed E-state index contributed by atoms with van der Waals surface area (Å²) >= 11 is 0. The molecule has 4 heteroatoms. The van der Waals surface area contributed by atoms with Crippen LogP contribution in [0, 0.1) is 0 Å². The maximum atomic E-state index is 11.1. The number of carbonyl (C=O) groups is 1. The normalized spacial score (nSPS) is 12.2. The van der Waals surface area contributed by atoms with Crippen molar-refractivity contribution in [3.05, 3.63) is 29.8 Å². The molecule has 0 bridgehead atoms. The topological polar surface area (TPSA) is 72.5 Å². The number of carbonyl (C=O) groups excluding carboxylic acids is 1. The molecule has 0 radical (unpaired) electrons. The van der Waals surface area contributed by atoms with Crippen LogP contribution in [0.1, 0.15) is 44.6 Å². The number of benzene rings is 1. The molecule has 0 fully saturated rings. The van der Waals surface area contributed by atoms with Crippen LogP contribution in [0.15, 0.2) is 24.3 Å². The van der Waals surface area contributed by atoms with E-state index in [9.17, 15) is 4.79 Å². The summed E-state index contributed by atoms with van der Waals surface area (Å²) in [6, 6.07) is 7.32. The van der Waals surface area contributed by atoms with Crippen molar-refractivity contribution in [2.75, 3.05) is 0 Å². The van der Waals surface area contributed by atoms with Crippen LogP contribution in [-0.4, -0.2) is 17.3 Å². The van der Waals surface area contributed by atoms with E-state index in [0.29, 0.717) is 5.75 Å². The van der Waals surface area contributed by atoms with Gasteiger partial charge in [-0.15, -0.1) is 0 Å². The summed E-state index contributed by atoms with van der Waals surface area (Å²) in [5, 5.41) is 8.83. The molecule has 0 saturated heterocycles. The van der Waals surface area contributed by atoms with E-state index in [1.165, 1.54) is 37.7 Å². The summed E-state index contributed by atoms with van der Waals surface area (Å²) < 4.78 is 4.87. The number of esters is 1. The van der Waals surface area contributed by atoms with Crippen LogP contribution in [0.5, 0.6) is 5.75 Å². The zero-order valence-corrected chi connectivity index (χ0v) is 11.5. The molecular weight excluding hydrogens is 242 g/mol. The average molecular weight is 265 g/mol. The fourth-order valence-electron chi connectivity index (χ4n) is 1.83. The predicted molar refractivity (Wildman–Crippen MR) is 74.7 cm³/mol. The number of hydrogen-bond acceptors (Lipinski definition) is 4. The van der Waals surface area contributed by atoms with Gasteiger partial charge in [0, 0.05) is 0 Å². The number of nitrogens with two attached hydrogens (primary N) is 1. The third-order valence-electron chi connectivity index (χ3n) is 2.95. The van der Waals surface area contributed by atoms with Gasteiger partial charge in [0.2, 0.25) is 6.23 Å². The van der Waals surface area contributed by atoms with Crippen LogP contribution in [-0.2, 0) is 11.2 Å². The average Bonchev–Trinajstić information content (AvgIpc) is 2.40. The van der Waals surface area contributed by atoms with E-state index in [4.69, 9.17) is 15.6 Å². The van der Waals surface area contributed by atoms with Gasteiger partial charge in [-0.25, -0.2) is 4.79 Å². The Morgan fingerprint density at radius 3 is 2.42 bits per heavy atom. The number of hydrogen-bond donors (Lipinski definition) is 2. The van der Waals surface area contributed by atoms with Crippen LogP contribution in [0.2, 0.25) is 0 Å². The lowest BCUT2D eigenvalue weighted by Gasteiger charge is -2.07. The number of aliphatic hydroxyl groups excluding tert-OH is 1. The Hall–Kier alpha value is -1.39. The van der Waals surface area contributed by atoms with Crippen molar-refractivity contribution in [2.45, 2.75) is 51.7 Å². The molecule has 0 aromatic heterocycles. The Labute approximate surface area is 114 Å². The number of aliphatic hydroxyl groups is 1. The standard InChI is InChI=1S/C15H23NO3/c1-2-3-4-5-6-7-12-8-10-13(11-9-12)19-15(18)14(16)17/h8-11,14,17H,2-7,16H2,1H3. The van der Waals surface area contributed by atoms with Gasteiger partial charge in [-0.3, -0.25) is 5.73 Å². The van der Waals surface area contributed by atoms with Crippen molar-refractivity contribution < 1.29 is 14.6 Å². The SMILES string of the molecule is CCCCCCCc1ccc(OC(=O)C(N)O)cc1. The minimum Gasteiger partial charge on any atom is -0.424 e. The van der Waals surface area contributed by atoms with Crippen molar-refractivity contribution in [3.63, 3.8) is 0 Å². The minimum atomic E-state index is -1.58. The summed E-state index contributed by atoms with van der Waals surface area (Å²) in [4.78, 5) is 11.1. The molecule has 0 aliphatic carbocycles. The van der Waals surface area contributed by atoms with E-state index in [0.717, 1.165) is 6.42 Å². The molecule has 106 valence electrons. The lowest BCUT2D eigenvalue weighted by molar-refractivity contribution is -0.143. The molecule has 1 unspecified atom stereocenters. The molecule has 1 atom stereocenters. The van der Waals surface area contributed by atoms with Crippen molar-refractivity contribution in [2.24, 2.45) is 5.73 Å². The highest BCUT2D eigenvalue weighted by atomic mass is 16.6. The summed E-state index contributed by atoms with van der Waals surface area (Å²) in [6.07, 6.45) is 5.74. The van der Waals surface area contributed by atoms with Gasteiger partial charge in [0.25, 0.3) is 0 Å². The van der Waals surface area contributed by atoms with Crippen LogP contribution in [0.25, 0.3) is 0 Å². The Morgan fingerprint density at radius 1 is 1.21 bits per heavy atom. The van der Waals surface area contributed by atoms with Crippen molar-refractivity contribution in [3.8, 4) is 5.75 Å². The van der Waals surface area contributed by atoms with Gasteiger partial charge in [-0.05, 0) is 30.5 Å². The minimum absolute atomic E-state index is 0.407. The van der Waals surface area contributed by atoms with Gasteiger partial charge in [0.05, 0.1) is 0 Å². The molecule has 1 rings (SSSR count). The van der Waals surface area contributed by atoms with E-state index >= 15 is 0 Å². The number of ether oxygens (including phenoxy) is 1. The Kier molecular flexibility index (Phi) is 7.15. The van der Waals surface area contributed by atoms with Gasteiger partial charge < -0.3 is 9.84 Å². The molecule has 0 spiro atoms. The van der Waals surface area contributed by atoms with E-state index in [1.54, 1.807) is 12.1 Å².